The second-order valence-corrected chi connectivity index (χ2v) is 12.3. The maximum Gasteiger partial charge on any atom is 0.269 e. The average molecular weight is 563 g/mol. The SMILES string of the molecule is O=[N+]([O-])c1ccc(Oc2ccc(C34CC5CC(C3)CC(c3ccc(Oc6ccc([N+](=O)[O-])cc6)cc3)(C5)C4)cc2)cc1. The fourth-order valence-corrected chi connectivity index (χ4v) is 8.24. The third kappa shape index (κ3) is 4.76. The van der Waals surface area contributed by atoms with Crippen molar-refractivity contribution in [3.63, 3.8) is 0 Å². The molecule has 0 radical (unpaired) electrons. The fraction of sp³-hybridized carbons (Fsp3) is 0.294. The van der Waals surface area contributed by atoms with Crippen LogP contribution in [0.4, 0.5) is 11.4 Å². The second-order valence-electron chi connectivity index (χ2n) is 12.3. The highest BCUT2D eigenvalue weighted by molar-refractivity contribution is 5.44. The van der Waals surface area contributed by atoms with Crippen molar-refractivity contribution in [1.82, 2.24) is 0 Å². The minimum Gasteiger partial charge on any atom is -0.457 e. The topological polar surface area (TPSA) is 105 Å². The summed E-state index contributed by atoms with van der Waals surface area (Å²) in [6.07, 6.45) is 7.30. The van der Waals surface area contributed by atoms with Gasteiger partial charge in [-0.2, -0.15) is 0 Å². The second kappa shape index (κ2) is 9.98. The first-order valence-electron chi connectivity index (χ1n) is 14.4. The molecule has 8 nitrogen and oxygen atoms in total. The van der Waals surface area contributed by atoms with Crippen LogP contribution in [0, 0.1) is 32.1 Å². The van der Waals surface area contributed by atoms with E-state index >= 15 is 0 Å². The summed E-state index contributed by atoms with van der Waals surface area (Å²) in [5, 5.41) is 21.9. The van der Waals surface area contributed by atoms with Gasteiger partial charge in [0.1, 0.15) is 23.0 Å². The van der Waals surface area contributed by atoms with Gasteiger partial charge in [-0.05, 0) is 121 Å². The summed E-state index contributed by atoms with van der Waals surface area (Å²) in [6.45, 7) is 0. The molecule has 8 rings (SSSR count). The van der Waals surface area contributed by atoms with E-state index < -0.39 is 9.85 Å². The molecule has 0 aromatic heterocycles. The van der Waals surface area contributed by atoms with Crippen molar-refractivity contribution >= 4 is 11.4 Å². The smallest absolute Gasteiger partial charge is 0.269 e. The van der Waals surface area contributed by atoms with E-state index in [-0.39, 0.29) is 22.2 Å². The summed E-state index contributed by atoms with van der Waals surface area (Å²) in [7, 11) is 0. The molecule has 0 heterocycles. The predicted molar refractivity (Wildman–Crippen MR) is 157 cm³/mol. The maximum atomic E-state index is 10.9. The molecule has 0 N–H and O–H groups in total. The number of nitro groups is 2. The molecule has 42 heavy (non-hydrogen) atoms. The number of hydrogen-bond acceptors (Lipinski definition) is 6. The highest BCUT2D eigenvalue weighted by atomic mass is 16.6. The van der Waals surface area contributed by atoms with E-state index in [0.29, 0.717) is 23.3 Å². The van der Waals surface area contributed by atoms with Gasteiger partial charge in [0.05, 0.1) is 9.85 Å². The Bertz CT molecular complexity index is 1500. The Morgan fingerprint density at radius 1 is 0.524 bits per heavy atom. The third-order valence-electron chi connectivity index (χ3n) is 9.56. The van der Waals surface area contributed by atoms with Gasteiger partial charge in [0, 0.05) is 24.3 Å². The van der Waals surface area contributed by atoms with Crippen molar-refractivity contribution in [2.75, 3.05) is 0 Å². The monoisotopic (exact) mass is 562 g/mol. The van der Waals surface area contributed by atoms with Gasteiger partial charge in [-0.25, -0.2) is 0 Å². The van der Waals surface area contributed by atoms with Gasteiger partial charge in [-0.15, -0.1) is 0 Å². The number of benzene rings is 4. The zero-order valence-corrected chi connectivity index (χ0v) is 23.0. The first kappa shape index (κ1) is 26.2. The van der Waals surface area contributed by atoms with Crippen molar-refractivity contribution < 1.29 is 19.3 Å². The van der Waals surface area contributed by atoms with Crippen LogP contribution in [-0.4, -0.2) is 9.85 Å². The van der Waals surface area contributed by atoms with Crippen molar-refractivity contribution in [3.8, 4) is 23.0 Å². The van der Waals surface area contributed by atoms with Crippen molar-refractivity contribution in [2.45, 2.75) is 49.4 Å². The van der Waals surface area contributed by atoms with E-state index in [4.69, 9.17) is 9.47 Å². The minimum atomic E-state index is -0.416. The van der Waals surface area contributed by atoms with Gasteiger partial charge >= 0.3 is 0 Å². The molecule has 4 aromatic rings. The molecule has 0 spiro atoms. The number of ether oxygens (including phenoxy) is 2. The number of rotatable bonds is 8. The quantitative estimate of drug-likeness (QED) is 0.157. The van der Waals surface area contributed by atoms with Crippen molar-refractivity contribution in [2.24, 2.45) is 11.8 Å². The molecule has 4 fully saturated rings. The van der Waals surface area contributed by atoms with E-state index in [2.05, 4.69) is 24.3 Å². The zero-order chi connectivity index (χ0) is 28.9. The lowest BCUT2D eigenvalue weighted by Crippen LogP contribution is -2.55. The van der Waals surface area contributed by atoms with E-state index in [1.807, 2.05) is 24.3 Å². The summed E-state index contributed by atoms with van der Waals surface area (Å²) in [5.41, 5.74) is 3.11. The van der Waals surface area contributed by atoms with Crippen LogP contribution in [-0.2, 0) is 10.8 Å². The Morgan fingerprint density at radius 2 is 0.833 bits per heavy atom. The molecular formula is C34H30N2O6. The number of hydrogen-bond donors (Lipinski definition) is 0. The largest absolute Gasteiger partial charge is 0.457 e. The standard InChI is InChI=1S/C34H30N2O6/c37-35(38)27-5-13-31(14-6-27)41-29-9-1-25(2-10-29)33-18-23-17-24(19-33)21-34(20-23,22-33)26-3-11-30(12-4-26)42-32-15-7-28(8-16-32)36(39)40/h1-16,23-24H,17-22H2. The van der Waals surface area contributed by atoms with Crippen molar-refractivity contribution in [1.29, 1.82) is 0 Å². The Balaban J connectivity index is 1.09. The van der Waals surface area contributed by atoms with E-state index in [0.717, 1.165) is 17.9 Å². The van der Waals surface area contributed by atoms with E-state index in [1.54, 1.807) is 24.3 Å². The Kier molecular flexibility index (Phi) is 6.22. The van der Waals surface area contributed by atoms with Crippen LogP contribution >= 0.6 is 0 Å². The van der Waals surface area contributed by atoms with Gasteiger partial charge in [0.25, 0.3) is 11.4 Å². The van der Waals surface area contributed by atoms with Crippen molar-refractivity contribution in [3.05, 3.63) is 128 Å². The van der Waals surface area contributed by atoms with Gasteiger partial charge in [-0.3, -0.25) is 20.2 Å². The van der Waals surface area contributed by atoms with Gasteiger partial charge < -0.3 is 9.47 Å². The molecule has 4 aliphatic carbocycles. The van der Waals surface area contributed by atoms with Crippen LogP contribution in [0.3, 0.4) is 0 Å². The van der Waals surface area contributed by atoms with Crippen LogP contribution in [0.15, 0.2) is 97.1 Å². The summed E-state index contributed by atoms with van der Waals surface area (Å²) in [5.74, 6) is 3.99. The number of nitrogens with zero attached hydrogens (tertiary/aromatic N) is 2. The molecule has 0 amide bonds. The molecule has 0 atom stereocenters. The molecule has 0 unspecified atom stereocenters. The Labute approximate surface area is 243 Å². The van der Waals surface area contributed by atoms with E-state index in [1.165, 1.54) is 67.5 Å². The summed E-state index contributed by atoms with van der Waals surface area (Å²) < 4.78 is 12.0. The van der Waals surface area contributed by atoms with Gasteiger partial charge in [0.15, 0.2) is 0 Å². The molecular weight excluding hydrogens is 532 g/mol. The highest BCUT2D eigenvalue weighted by Gasteiger charge is 2.58. The summed E-state index contributed by atoms with van der Waals surface area (Å²) >= 11 is 0. The van der Waals surface area contributed by atoms with Crippen LogP contribution in [0.1, 0.15) is 49.7 Å². The van der Waals surface area contributed by atoms with Crippen LogP contribution in [0.5, 0.6) is 23.0 Å². The molecule has 212 valence electrons. The third-order valence-corrected chi connectivity index (χ3v) is 9.56. The fourth-order valence-electron chi connectivity index (χ4n) is 8.24. The molecule has 8 heteroatoms. The highest BCUT2D eigenvalue weighted by Crippen LogP contribution is 2.66. The Hall–Kier alpha value is -4.72. The lowest BCUT2D eigenvalue weighted by molar-refractivity contribution is -0.385. The molecule has 4 bridgehead atoms. The number of nitro benzene ring substituents is 2. The molecule has 0 saturated heterocycles. The first-order valence-corrected chi connectivity index (χ1v) is 14.4. The first-order chi connectivity index (χ1) is 20.3. The predicted octanol–water partition coefficient (Wildman–Crippen LogP) is 8.88. The average Bonchev–Trinajstić information content (AvgIpc) is 2.98. The lowest BCUT2D eigenvalue weighted by atomic mass is 9.42. The zero-order valence-electron chi connectivity index (χ0n) is 23.0. The molecule has 4 saturated carbocycles. The van der Waals surface area contributed by atoms with Gasteiger partial charge in [-0.1, -0.05) is 24.3 Å². The minimum absolute atomic E-state index is 0.0418. The maximum absolute atomic E-state index is 10.9. The number of non-ortho nitro benzene ring substituents is 2. The van der Waals surface area contributed by atoms with Crippen LogP contribution in [0.25, 0.3) is 0 Å². The normalized spacial score (nSPS) is 25.6. The Morgan fingerprint density at radius 3 is 1.14 bits per heavy atom. The summed E-state index contributed by atoms with van der Waals surface area (Å²) in [4.78, 5) is 21.0. The van der Waals surface area contributed by atoms with E-state index in [9.17, 15) is 20.2 Å². The molecule has 0 aliphatic heterocycles. The lowest BCUT2D eigenvalue weighted by Gasteiger charge is -2.62. The molecule has 4 aliphatic rings. The summed E-state index contributed by atoms with van der Waals surface area (Å²) in [6, 6.07) is 29.2. The van der Waals surface area contributed by atoms with Crippen LogP contribution < -0.4 is 9.47 Å². The van der Waals surface area contributed by atoms with Crippen LogP contribution in [0.2, 0.25) is 0 Å². The molecule has 4 aromatic carbocycles. The van der Waals surface area contributed by atoms with Gasteiger partial charge in [0.2, 0.25) is 0 Å².